The molecular formula is C31H54O3. The minimum Gasteiger partial charge on any atom is -0.391 e. The highest BCUT2D eigenvalue weighted by Gasteiger charge is 2.62. The van der Waals surface area contributed by atoms with Gasteiger partial charge in [-0.2, -0.15) is 0 Å². The Hall–Kier alpha value is -1.12. The Kier molecular flexibility index (Phi) is 15.6. The van der Waals surface area contributed by atoms with E-state index in [2.05, 4.69) is 19.1 Å². The van der Waals surface area contributed by atoms with E-state index in [1.165, 1.54) is 122 Å². The molecule has 1 unspecified atom stereocenters. The molecule has 0 aromatic carbocycles. The van der Waals surface area contributed by atoms with Crippen molar-refractivity contribution >= 4 is 11.9 Å². The summed E-state index contributed by atoms with van der Waals surface area (Å²) in [5.74, 6) is -0.499. The Balaban J connectivity index is 1.31. The molecule has 196 valence electrons. The van der Waals surface area contributed by atoms with Crippen LogP contribution in [0.15, 0.2) is 12.2 Å². The van der Waals surface area contributed by atoms with E-state index >= 15 is 0 Å². The van der Waals surface area contributed by atoms with Gasteiger partial charge in [0.15, 0.2) is 5.41 Å². The molecule has 1 atom stereocenters. The van der Waals surface area contributed by atoms with E-state index in [9.17, 15) is 9.59 Å². The van der Waals surface area contributed by atoms with Crippen molar-refractivity contribution in [3.05, 3.63) is 12.2 Å². The highest BCUT2D eigenvalue weighted by molar-refractivity contribution is 6.14. The Morgan fingerprint density at radius 3 is 1.56 bits per heavy atom. The maximum absolute atomic E-state index is 12.0. The van der Waals surface area contributed by atoms with E-state index in [0.29, 0.717) is 6.42 Å². The van der Waals surface area contributed by atoms with Gasteiger partial charge in [-0.1, -0.05) is 147 Å². The van der Waals surface area contributed by atoms with Crippen molar-refractivity contribution < 1.29 is 14.3 Å². The highest BCUT2D eigenvalue weighted by atomic mass is 16.6. The highest BCUT2D eigenvalue weighted by Crippen LogP contribution is 2.49. The predicted octanol–water partition coefficient (Wildman–Crippen LogP) is 9.62. The third-order valence-corrected chi connectivity index (χ3v) is 8.23. The quantitative estimate of drug-likeness (QED) is 0.0719. The number of allylic oxidation sites excluding steroid dienone is 2. The van der Waals surface area contributed by atoms with Crippen molar-refractivity contribution in [1.29, 1.82) is 0 Å². The van der Waals surface area contributed by atoms with Gasteiger partial charge in [-0.05, 0) is 25.7 Å². The van der Waals surface area contributed by atoms with Crippen LogP contribution < -0.4 is 0 Å². The molecule has 0 aromatic rings. The number of rotatable bonds is 21. The molecule has 34 heavy (non-hydrogen) atoms. The number of ether oxygens (including phenoxy) is 1. The first-order valence-electron chi connectivity index (χ1n) is 15.1. The zero-order valence-electron chi connectivity index (χ0n) is 22.4. The zero-order chi connectivity index (χ0) is 24.3. The van der Waals surface area contributed by atoms with E-state index in [1.807, 2.05) is 0 Å². The van der Waals surface area contributed by atoms with E-state index in [4.69, 9.17) is 4.74 Å². The third kappa shape index (κ3) is 10.2. The summed E-state index contributed by atoms with van der Waals surface area (Å²) in [7, 11) is 0. The summed E-state index contributed by atoms with van der Waals surface area (Å²) in [5.41, 5.74) is -0.817. The molecular weight excluding hydrogens is 420 g/mol. The summed E-state index contributed by atoms with van der Waals surface area (Å²) >= 11 is 0. The van der Waals surface area contributed by atoms with Crippen molar-refractivity contribution in [3.63, 3.8) is 0 Å². The van der Waals surface area contributed by atoms with Gasteiger partial charge in [-0.3, -0.25) is 9.59 Å². The molecule has 1 aliphatic heterocycles. The zero-order valence-corrected chi connectivity index (χ0v) is 22.4. The van der Waals surface area contributed by atoms with Crippen LogP contribution in [0.3, 0.4) is 0 Å². The Bertz CT molecular complexity index is 565. The van der Waals surface area contributed by atoms with Crippen LogP contribution >= 0.6 is 0 Å². The van der Waals surface area contributed by atoms with E-state index < -0.39 is 5.41 Å². The van der Waals surface area contributed by atoms with Crippen LogP contribution in [-0.4, -0.2) is 11.9 Å². The fraction of sp³-hybridized carbons (Fsp3) is 0.871. The molecule has 2 aliphatic rings. The standard InChI is InChI=1S/C31H54O3/c1-2-3-4-5-6-7-8-9-10-11-12-13-14-15-16-17-18-19-20-21-22-25-28-26-23-24-27-31(28)29(32)34-30(31)33/h22,25,28H,2-21,23-24,26-27H2,1H3. The van der Waals surface area contributed by atoms with Crippen molar-refractivity contribution in [2.45, 2.75) is 161 Å². The molecule has 3 nitrogen and oxygen atoms in total. The minimum atomic E-state index is -0.817. The second kappa shape index (κ2) is 18.2. The van der Waals surface area contributed by atoms with Crippen LogP contribution in [-0.2, 0) is 14.3 Å². The topological polar surface area (TPSA) is 43.4 Å². The predicted molar refractivity (Wildman–Crippen MR) is 143 cm³/mol. The first-order chi connectivity index (χ1) is 16.7. The summed E-state index contributed by atoms with van der Waals surface area (Å²) in [6.07, 6.45) is 35.8. The van der Waals surface area contributed by atoms with Crippen LogP contribution in [0.5, 0.6) is 0 Å². The fourth-order valence-corrected chi connectivity index (χ4v) is 5.87. The average Bonchev–Trinajstić information content (AvgIpc) is 2.85. The number of carbonyl (C=O) groups excluding carboxylic acids is 2. The Morgan fingerprint density at radius 1 is 0.676 bits per heavy atom. The maximum Gasteiger partial charge on any atom is 0.331 e. The number of esters is 2. The molecule has 0 amide bonds. The number of carbonyl (C=O) groups is 2. The summed E-state index contributed by atoms with van der Waals surface area (Å²) in [6, 6.07) is 0. The molecule has 0 bridgehead atoms. The van der Waals surface area contributed by atoms with Crippen LogP contribution in [0.25, 0.3) is 0 Å². The van der Waals surface area contributed by atoms with E-state index in [-0.39, 0.29) is 17.9 Å². The van der Waals surface area contributed by atoms with Crippen molar-refractivity contribution in [2.24, 2.45) is 11.3 Å². The summed E-state index contributed by atoms with van der Waals surface area (Å²) in [6.45, 7) is 2.29. The number of hydrogen-bond acceptors (Lipinski definition) is 3. The molecule has 0 N–H and O–H groups in total. The van der Waals surface area contributed by atoms with Crippen LogP contribution in [0.2, 0.25) is 0 Å². The molecule has 1 aliphatic carbocycles. The second-order valence-electron chi connectivity index (χ2n) is 11.1. The Labute approximate surface area is 210 Å². The number of cyclic esters (lactones) is 2. The van der Waals surface area contributed by atoms with Crippen LogP contribution in [0.1, 0.15) is 161 Å². The molecule has 1 saturated heterocycles. The van der Waals surface area contributed by atoms with Gasteiger partial charge in [0.2, 0.25) is 0 Å². The van der Waals surface area contributed by atoms with Gasteiger partial charge in [0.05, 0.1) is 0 Å². The van der Waals surface area contributed by atoms with Gasteiger partial charge in [-0.25, -0.2) is 0 Å². The largest absolute Gasteiger partial charge is 0.391 e. The lowest BCUT2D eigenvalue weighted by atomic mass is 9.63. The molecule has 0 radical (unpaired) electrons. The molecule has 1 heterocycles. The monoisotopic (exact) mass is 474 g/mol. The smallest absolute Gasteiger partial charge is 0.331 e. The van der Waals surface area contributed by atoms with Crippen molar-refractivity contribution in [1.82, 2.24) is 0 Å². The fourth-order valence-electron chi connectivity index (χ4n) is 5.87. The summed E-state index contributed by atoms with van der Waals surface area (Å²) < 4.78 is 4.70. The van der Waals surface area contributed by atoms with Gasteiger partial charge < -0.3 is 4.74 Å². The first kappa shape index (κ1) is 29.1. The normalized spacial score (nSPS) is 19.6. The lowest BCUT2D eigenvalue weighted by Crippen LogP contribution is -2.58. The molecule has 0 aromatic heterocycles. The average molecular weight is 475 g/mol. The summed E-state index contributed by atoms with van der Waals surface area (Å²) in [5, 5.41) is 0. The van der Waals surface area contributed by atoms with Crippen molar-refractivity contribution in [3.8, 4) is 0 Å². The molecule has 2 fully saturated rings. The number of hydrogen-bond donors (Lipinski definition) is 0. The molecule has 2 rings (SSSR count). The van der Waals surface area contributed by atoms with E-state index in [0.717, 1.165) is 25.7 Å². The second-order valence-corrected chi connectivity index (χ2v) is 11.1. The van der Waals surface area contributed by atoms with Crippen LogP contribution in [0, 0.1) is 11.3 Å². The Morgan fingerprint density at radius 2 is 1.12 bits per heavy atom. The maximum atomic E-state index is 12.0. The van der Waals surface area contributed by atoms with Crippen molar-refractivity contribution in [2.75, 3.05) is 0 Å². The minimum absolute atomic E-state index is 0.0651. The lowest BCUT2D eigenvalue weighted by Gasteiger charge is -2.43. The first-order valence-corrected chi connectivity index (χ1v) is 15.1. The van der Waals surface area contributed by atoms with Crippen LogP contribution in [0.4, 0.5) is 0 Å². The molecule has 1 saturated carbocycles. The van der Waals surface area contributed by atoms with E-state index in [1.54, 1.807) is 0 Å². The summed E-state index contributed by atoms with van der Waals surface area (Å²) in [4.78, 5) is 23.9. The molecule has 1 spiro atoms. The number of unbranched alkanes of at least 4 members (excludes halogenated alkanes) is 19. The van der Waals surface area contributed by atoms with Gasteiger partial charge in [0, 0.05) is 5.92 Å². The third-order valence-electron chi connectivity index (χ3n) is 8.23. The lowest BCUT2D eigenvalue weighted by molar-refractivity contribution is -0.203. The van der Waals surface area contributed by atoms with Gasteiger partial charge in [0.25, 0.3) is 0 Å². The van der Waals surface area contributed by atoms with Gasteiger partial charge >= 0.3 is 11.9 Å². The molecule has 3 heteroatoms. The van der Waals surface area contributed by atoms with Gasteiger partial charge in [0.1, 0.15) is 0 Å². The SMILES string of the molecule is CCCCCCCCCCCCCCCCCCCCCC=CC1CCCCC12C(=O)OC2=O. The van der Waals surface area contributed by atoms with Gasteiger partial charge in [-0.15, -0.1) is 0 Å².